The summed E-state index contributed by atoms with van der Waals surface area (Å²) < 4.78 is 4.24. The molecule has 0 unspecified atom stereocenters. The van der Waals surface area contributed by atoms with Gasteiger partial charge in [0.05, 0.1) is 0 Å². The first kappa shape index (κ1) is 10.8. The van der Waals surface area contributed by atoms with E-state index in [1.54, 1.807) is 0 Å². The zero-order chi connectivity index (χ0) is 11.0. The Morgan fingerprint density at radius 3 is 2.67 bits per heavy atom. The van der Waals surface area contributed by atoms with Gasteiger partial charge in [0.15, 0.2) is 0 Å². The van der Waals surface area contributed by atoms with Crippen molar-refractivity contribution in [1.29, 1.82) is 0 Å². The first-order chi connectivity index (χ1) is 7.09. The average Bonchev–Trinajstić information content (AvgIpc) is 2.71. The molecule has 0 bridgehead atoms. The van der Waals surface area contributed by atoms with Crippen molar-refractivity contribution < 1.29 is 0 Å². The molecule has 1 aliphatic rings. The first-order valence-corrected chi connectivity index (χ1v) is 6.10. The summed E-state index contributed by atoms with van der Waals surface area (Å²) >= 11 is 1.51. The molecule has 0 radical (unpaired) electrons. The lowest BCUT2D eigenvalue weighted by molar-refractivity contribution is 0.283. The Morgan fingerprint density at radius 2 is 2.20 bits per heavy atom. The molecule has 0 aromatic carbocycles. The Morgan fingerprint density at radius 1 is 1.47 bits per heavy atom. The summed E-state index contributed by atoms with van der Waals surface area (Å²) in [5.41, 5.74) is 0. The molecule has 4 nitrogen and oxygen atoms in total. The number of anilines is 1. The largest absolute Gasteiger partial charge is 0.343 e. The third-order valence-corrected chi connectivity index (χ3v) is 3.98. The molecule has 2 heterocycles. The number of rotatable bonds is 2. The average molecular weight is 226 g/mol. The van der Waals surface area contributed by atoms with Gasteiger partial charge in [0.25, 0.3) is 0 Å². The Bertz CT molecular complexity index is 336. The molecule has 1 aromatic rings. The first-order valence-electron chi connectivity index (χ1n) is 5.33. The van der Waals surface area contributed by atoms with Crippen molar-refractivity contribution in [3.8, 4) is 0 Å². The van der Waals surface area contributed by atoms with Crippen LogP contribution in [0.5, 0.6) is 0 Å². The Kier molecular flexibility index (Phi) is 2.93. The molecule has 84 valence electrons. The van der Waals surface area contributed by atoms with Crippen molar-refractivity contribution in [2.75, 3.05) is 25.5 Å². The monoisotopic (exact) mass is 226 g/mol. The quantitative estimate of drug-likeness (QED) is 0.762. The highest BCUT2D eigenvalue weighted by Gasteiger charge is 2.33. The lowest BCUT2D eigenvalue weighted by Crippen LogP contribution is -2.39. The van der Waals surface area contributed by atoms with Crippen molar-refractivity contribution in [3.63, 3.8) is 0 Å². The lowest BCUT2D eigenvalue weighted by atomic mass is 10.1. The van der Waals surface area contributed by atoms with Crippen LogP contribution < -0.4 is 4.90 Å². The Labute approximate surface area is 95.1 Å². The third-order valence-electron chi connectivity index (χ3n) is 3.14. The molecular weight excluding hydrogens is 208 g/mol. The molecule has 5 heteroatoms. The molecule has 1 aromatic heterocycles. The molecule has 0 saturated carbocycles. The van der Waals surface area contributed by atoms with Gasteiger partial charge < -0.3 is 9.80 Å². The summed E-state index contributed by atoms with van der Waals surface area (Å²) in [4.78, 5) is 9.13. The highest BCUT2D eigenvalue weighted by molar-refractivity contribution is 7.09. The van der Waals surface area contributed by atoms with E-state index in [-0.39, 0.29) is 0 Å². The summed E-state index contributed by atoms with van der Waals surface area (Å²) in [7, 11) is 4.30. The van der Waals surface area contributed by atoms with Gasteiger partial charge in [-0.1, -0.05) is 0 Å². The summed E-state index contributed by atoms with van der Waals surface area (Å²) in [6.07, 6.45) is 1.22. The van der Waals surface area contributed by atoms with Crippen LogP contribution in [0.15, 0.2) is 0 Å². The highest BCUT2D eigenvalue weighted by atomic mass is 32.1. The Hall–Kier alpha value is -0.680. The van der Waals surface area contributed by atoms with Crippen LogP contribution in [0.3, 0.4) is 0 Å². The molecule has 0 aliphatic carbocycles. The van der Waals surface area contributed by atoms with Crippen molar-refractivity contribution in [3.05, 3.63) is 5.82 Å². The molecule has 1 fully saturated rings. The molecule has 2 rings (SSSR count). The molecule has 0 spiro atoms. The van der Waals surface area contributed by atoms with Crippen molar-refractivity contribution in [2.24, 2.45) is 0 Å². The normalized spacial score (nSPS) is 26.6. The number of nitrogens with zero attached hydrogens (tertiary/aromatic N) is 4. The second-order valence-corrected chi connectivity index (χ2v) is 5.11. The van der Waals surface area contributed by atoms with E-state index in [1.165, 1.54) is 18.0 Å². The van der Waals surface area contributed by atoms with Gasteiger partial charge in [0.2, 0.25) is 5.13 Å². The zero-order valence-electron chi connectivity index (χ0n) is 9.77. The van der Waals surface area contributed by atoms with E-state index in [0.29, 0.717) is 12.1 Å². The fourth-order valence-electron chi connectivity index (χ4n) is 2.29. The second-order valence-electron chi connectivity index (χ2n) is 4.38. The molecule has 2 atom stereocenters. The predicted octanol–water partition coefficient (Wildman–Crippen LogP) is 1.38. The maximum absolute atomic E-state index is 4.45. The van der Waals surface area contributed by atoms with E-state index in [9.17, 15) is 0 Å². The molecular formula is C10H18N4S. The number of hydrogen-bond donors (Lipinski definition) is 0. The van der Waals surface area contributed by atoms with Crippen molar-refractivity contribution in [2.45, 2.75) is 32.4 Å². The SMILES string of the molecule is Cc1nsc(N2CC[C@@H](N(C)C)[C@@H]2C)n1. The van der Waals surface area contributed by atoms with Gasteiger partial charge in [0.1, 0.15) is 5.82 Å². The molecule has 1 saturated heterocycles. The van der Waals surface area contributed by atoms with E-state index < -0.39 is 0 Å². The molecule has 0 amide bonds. The fraction of sp³-hybridized carbons (Fsp3) is 0.800. The van der Waals surface area contributed by atoms with Gasteiger partial charge in [-0.15, -0.1) is 0 Å². The van der Waals surface area contributed by atoms with Crippen molar-refractivity contribution in [1.82, 2.24) is 14.3 Å². The predicted molar refractivity (Wildman–Crippen MR) is 63.5 cm³/mol. The van der Waals surface area contributed by atoms with Gasteiger partial charge in [-0.3, -0.25) is 0 Å². The van der Waals surface area contributed by atoms with Gasteiger partial charge in [-0.25, -0.2) is 4.98 Å². The highest BCUT2D eigenvalue weighted by Crippen LogP contribution is 2.28. The third kappa shape index (κ3) is 1.99. The number of aromatic nitrogens is 2. The van der Waals surface area contributed by atoms with E-state index in [0.717, 1.165) is 17.5 Å². The lowest BCUT2D eigenvalue weighted by Gasteiger charge is -2.27. The van der Waals surface area contributed by atoms with Crippen LogP contribution in [0.2, 0.25) is 0 Å². The van der Waals surface area contributed by atoms with Crippen LogP contribution in [0.4, 0.5) is 5.13 Å². The Balaban J connectivity index is 2.13. The number of aryl methyl sites for hydroxylation is 1. The van der Waals surface area contributed by atoms with E-state index >= 15 is 0 Å². The van der Waals surface area contributed by atoms with Crippen LogP contribution in [0.1, 0.15) is 19.2 Å². The molecule has 15 heavy (non-hydrogen) atoms. The van der Waals surface area contributed by atoms with E-state index in [1.807, 2.05) is 6.92 Å². The zero-order valence-corrected chi connectivity index (χ0v) is 10.6. The van der Waals surface area contributed by atoms with Gasteiger partial charge in [0, 0.05) is 30.2 Å². The van der Waals surface area contributed by atoms with Crippen molar-refractivity contribution >= 4 is 16.7 Å². The van der Waals surface area contributed by atoms with Crippen LogP contribution in [0, 0.1) is 6.92 Å². The summed E-state index contributed by atoms with van der Waals surface area (Å²) in [6, 6.07) is 1.17. The minimum Gasteiger partial charge on any atom is -0.343 e. The van der Waals surface area contributed by atoms with Gasteiger partial charge in [-0.2, -0.15) is 4.37 Å². The smallest absolute Gasteiger partial charge is 0.205 e. The van der Waals surface area contributed by atoms with Crippen LogP contribution in [0.25, 0.3) is 0 Å². The van der Waals surface area contributed by atoms with Crippen LogP contribution in [-0.4, -0.2) is 47.0 Å². The second kappa shape index (κ2) is 4.06. The summed E-state index contributed by atoms with van der Waals surface area (Å²) in [6.45, 7) is 5.32. The maximum Gasteiger partial charge on any atom is 0.205 e. The van der Waals surface area contributed by atoms with Crippen LogP contribution in [-0.2, 0) is 0 Å². The molecule has 0 N–H and O–H groups in total. The van der Waals surface area contributed by atoms with Gasteiger partial charge in [-0.05, 0) is 34.4 Å². The standard InChI is InChI=1S/C10H18N4S/c1-7-9(13(3)4)5-6-14(7)10-11-8(2)12-15-10/h7,9H,5-6H2,1-4H3/t7-,9+/m0/s1. The maximum atomic E-state index is 4.45. The van der Waals surface area contributed by atoms with E-state index in [2.05, 4.69) is 40.2 Å². The van der Waals surface area contributed by atoms with Gasteiger partial charge >= 0.3 is 0 Å². The minimum absolute atomic E-state index is 0.535. The summed E-state index contributed by atoms with van der Waals surface area (Å²) in [5.74, 6) is 0.885. The molecule has 1 aliphatic heterocycles. The topological polar surface area (TPSA) is 32.3 Å². The number of hydrogen-bond acceptors (Lipinski definition) is 5. The van der Waals surface area contributed by atoms with Crippen LogP contribution >= 0.6 is 11.5 Å². The minimum atomic E-state index is 0.535. The fourth-order valence-corrected chi connectivity index (χ4v) is 3.08. The van der Waals surface area contributed by atoms with E-state index in [4.69, 9.17) is 0 Å². The summed E-state index contributed by atoms with van der Waals surface area (Å²) in [5, 5.41) is 1.07. The number of likely N-dealkylation sites (N-methyl/N-ethyl adjacent to an activating group) is 1.